The molecule has 1 saturated heterocycles. The van der Waals surface area contributed by atoms with Gasteiger partial charge in [-0.2, -0.15) is 22.5 Å². The summed E-state index contributed by atoms with van der Waals surface area (Å²) in [6.07, 6.45) is -6.96. The van der Waals surface area contributed by atoms with Gasteiger partial charge in [-0.05, 0) is 48.9 Å². The number of nitrogens with zero attached hydrogens (tertiary/aromatic N) is 5. The summed E-state index contributed by atoms with van der Waals surface area (Å²) in [7, 11) is -3.86. The molecule has 3 heterocycles. The van der Waals surface area contributed by atoms with Crippen LogP contribution in [0, 0.1) is 6.92 Å². The fourth-order valence-electron chi connectivity index (χ4n) is 4.00. The lowest BCUT2D eigenvalue weighted by Crippen LogP contribution is -2.48. The molecule has 2 aromatic carbocycles. The van der Waals surface area contributed by atoms with Gasteiger partial charge in [0.1, 0.15) is 11.6 Å². The Hall–Kier alpha value is -4.03. The lowest BCUT2D eigenvalue weighted by Gasteiger charge is -2.33. The summed E-state index contributed by atoms with van der Waals surface area (Å²) in [6.45, 7) is 7.32. The van der Waals surface area contributed by atoms with Gasteiger partial charge in [0.15, 0.2) is 10.8 Å². The number of sulfonamides is 1. The number of aryl methyl sites for hydroxylation is 1. The van der Waals surface area contributed by atoms with Crippen molar-refractivity contribution in [1.82, 2.24) is 24.6 Å². The molecule has 0 saturated carbocycles. The third-order valence-electron chi connectivity index (χ3n) is 6.13. The minimum Gasteiger partial charge on any atom is -0.406 e. The first kappa shape index (κ1) is 36.4. The number of nitrogens with one attached hydrogen (secondary N) is 1. The molecule has 4 aromatic rings. The summed E-state index contributed by atoms with van der Waals surface area (Å²) in [5.41, 5.74) is 0.421. The van der Waals surface area contributed by atoms with E-state index in [0.29, 0.717) is 36.5 Å². The Morgan fingerprint density at radius 1 is 0.935 bits per heavy atom. The number of amides is 1. The minimum absolute atomic E-state index is 0.148. The summed E-state index contributed by atoms with van der Waals surface area (Å²) in [5.74, 6) is 0.346. The first-order valence-corrected chi connectivity index (χ1v) is 16.0. The lowest BCUT2D eigenvalue weighted by atomic mass is 10.2. The highest BCUT2D eigenvalue weighted by molar-refractivity contribution is 7.89. The van der Waals surface area contributed by atoms with Gasteiger partial charge in [0.05, 0.1) is 21.4 Å². The number of anilines is 1. The molecule has 10 nitrogen and oxygen atoms in total. The number of benzene rings is 2. The van der Waals surface area contributed by atoms with Crippen molar-refractivity contribution < 1.29 is 44.3 Å². The zero-order valence-corrected chi connectivity index (χ0v) is 26.4. The zero-order chi connectivity index (χ0) is 34.1. The summed E-state index contributed by atoms with van der Waals surface area (Å²) < 4.78 is 105. The summed E-state index contributed by atoms with van der Waals surface area (Å²) in [5, 5.41) is 3.13. The van der Waals surface area contributed by atoms with Gasteiger partial charge < -0.3 is 15.0 Å². The molecule has 1 aliphatic heterocycles. The molecule has 0 radical (unpaired) electrons. The quantitative estimate of drug-likeness (QED) is 0.191. The zero-order valence-electron chi connectivity index (χ0n) is 24.8. The monoisotopic (exact) mass is 692 g/mol. The number of aromatic nitrogens is 3. The van der Waals surface area contributed by atoms with Crippen LogP contribution in [0.1, 0.15) is 30.8 Å². The third kappa shape index (κ3) is 9.98. The molecule has 0 spiro atoms. The molecule has 46 heavy (non-hydrogen) atoms. The molecule has 1 N–H and O–H groups in total. The number of fused-ring (bicyclic) bond motifs is 1. The Balaban J connectivity index is 0.000000287. The van der Waals surface area contributed by atoms with E-state index < -0.39 is 28.1 Å². The van der Waals surface area contributed by atoms with Crippen LogP contribution >= 0.6 is 11.3 Å². The van der Waals surface area contributed by atoms with Crippen LogP contribution in [-0.2, 0) is 27.5 Å². The Morgan fingerprint density at radius 2 is 1.54 bits per heavy atom. The van der Waals surface area contributed by atoms with E-state index in [4.69, 9.17) is 0 Å². The Bertz CT molecular complexity index is 1670. The summed E-state index contributed by atoms with van der Waals surface area (Å²) in [4.78, 5) is 24.7. The summed E-state index contributed by atoms with van der Waals surface area (Å²) in [6, 6.07) is 8.83. The van der Waals surface area contributed by atoms with Crippen LogP contribution in [0.2, 0.25) is 0 Å². The van der Waals surface area contributed by atoms with Gasteiger partial charge in [0.2, 0.25) is 16.4 Å². The van der Waals surface area contributed by atoms with Crippen LogP contribution in [0.5, 0.6) is 5.75 Å². The van der Waals surface area contributed by atoms with E-state index in [2.05, 4.69) is 25.0 Å². The van der Waals surface area contributed by atoms with Crippen LogP contribution < -0.4 is 15.0 Å². The number of alkyl halides is 6. The molecular weight excluding hydrogens is 662 g/mol. The standard InChI is InChI=1S/C17H16F3N5O2S2.C9H8F3NO2.C2H6/c1-11-21-10-14-15(22-11)23-16(28-14)24-6-8-25(9-7-24)29(26,27)13-4-2-12(3-5-13)17(18,19)20;10-9(11,12)15-8-3-1-7(2-4-8)5-13-6-14;1-2/h2-5,10H,6-9H2,1H3;1-4,6H,5H2,(H,13,14);1-2H3. The Morgan fingerprint density at radius 3 is 2.09 bits per heavy atom. The van der Waals surface area contributed by atoms with Gasteiger partial charge in [-0.3, -0.25) is 4.79 Å². The molecule has 1 fully saturated rings. The summed E-state index contributed by atoms with van der Waals surface area (Å²) >= 11 is 1.44. The molecule has 0 aliphatic carbocycles. The molecular formula is C28H30F6N6O4S2. The first-order chi connectivity index (χ1) is 21.7. The van der Waals surface area contributed by atoms with Crippen molar-refractivity contribution in [3.63, 3.8) is 0 Å². The van der Waals surface area contributed by atoms with E-state index in [1.807, 2.05) is 18.7 Å². The van der Waals surface area contributed by atoms with Crippen molar-refractivity contribution in [1.29, 1.82) is 0 Å². The number of hydrogen-bond donors (Lipinski definition) is 1. The molecule has 0 atom stereocenters. The van der Waals surface area contributed by atoms with Crippen LogP contribution in [0.3, 0.4) is 0 Å². The molecule has 18 heteroatoms. The topological polar surface area (TPSA) is 118 Å². The van der Waals surface area contributed by atoms with E-state index in [0.717, 1.165) is 34.1 Å². The number of piperazine rings is 1. The van der Waals surface area contributed by atoms with Gasteiger partial charge in [0.25, 0.3) is 0 Å². The van der Waals surface area contributed by atoms with E-state index in [9.17, 15) is 39.6 Å². The van der Waals surface area contributed by atoms with E-state index in [-0.39, 0.29) is 30.3 Å². The predicted octanol–water partition coefficient (Wildman–Crippen LogP) is 5.78. The average Bonchev–Trinajstić information content (AvgIpc) is 3.44. The molecule has 1 aliphatic rings. The molecule has 1 amide bonds. The molecule has 0 unspecified atom stereocenters. The molecule has 5 rings (SSSR count). The minimum atomic E-state index is -4.68. The van der Waals surface area contributed by atoms with Crippen molar-refractivity contribution >= 4 is 43.2 Å². The Labute approximate surface area is 265 Å². The van der Waals surface area contributed by atoms with Crippen molar-refractivity contribution in [3.8, 4) is 5.75 Å². The average molecular weight is 693 g/mol. The first-order valence-electron chi connectivity index (χ1n) is 13.7. The largest absolute Gasteiger partial charge is 0.573 e. The second-order valence-electron chi connectivity index (χ2n) is 9.21. The fraction of sp³-hybridized carbons (Fsp3) is 0.357. The lowest BCUT2D eigenvalue weighted by molar-refractivity contribution is -0.274. The number of ether oxygens (including phenoxy) is 1. The van der Waals surface area contributed by atoms with Crippen LogP contribution in [0.15, 0.2) is 59.6 Å². The fourth-order valence-corrected chi connectivity index (χ4v) is 6.35. The van der Waals surface area contributed by atoms with Crippen molar-refractivity contribution in [2.24, 2.45) is 0 Å². The molecule has 250 valence electrons. The van der Waals surface area contributed by atoms with Crippen LogP contribution in [0.4, 0.5) is 31.5 Å². The number of rotatable bonds is 7. The number of thiazole rings is 1. The van der Waals surface area contributed by atoms with Gasteiger partial charge in [-0.15, -0.1) is 13.2 Å². The van der Waals surface area contributed by atoms with E-state index in [1.54, 1.807) is 13.1 Å². The highest BCUT2D eigenvalue weighted by atomic mass is 32.2. The molecule has 2 aromatic heterocycles. The van der Waals surface area contributed by atoms with Crippen molar-refractivity contribution in [2.75, 3.05) is 31.1 Å². The van der Waals surface area contributed by atoms with Gasteiger partial charge >= 0.3 is 12.5 Å². The van der Waals surface area contributed by atoms with E-state index >= 15 is 0 Å². The second-order valence-corrected chi connectivity index (χ2v) is 12.2. The number of hydrogen-bond acceptors (Lipinski definition) is 9. The highest BCUT2D eigenvalue weighted by Gasteiger charge is 2.33. The smallest absolute Gasteiger partial charge is 0.406 e. The molecule has 0 bridgehead atoms. The Kier molecular flexibility index (Phi) is 12.3. The number of halogens is 6. The number of carbonyl (C=O) groups is 1. The van der Waals surface area contributed by atoms with Gasteiger partial charge in [0, 0.05) is 32.7 Å². The normalized spacial score (nSPS) is 14.1. The maximum atomic E-state index is 12.8. The van der Waals surface area contributed by atoms with Crippen molar-refractivity contribution in [2.45, 2.75) is 44.8 Å². The van der Waals surface area contributed by atoms with E-state index in [1.165, 1.54) is 39.9 Å². The maximum absolute atomic E-state index is 12.8. The van der Waals surface area contributed by atoms with Gasteiger partial charge in [-0.1, -0.05) is 37.3 Å². The van der Waals surface area contributed by atoms with Crippen LogP contribution in [0.25, 0.3) is 10.3 Å². The van der Waals surface area contributed by atoms with Crippen molar-refractivity contribution in [3.05, 3.63) is 71.7 Å². The van der Waals surface area contributed by atoms with Gasteiger partial charge in [-0.25, -0.2) is 18.4 Å². The predicted molar refractivity (Wildman–Crippen MR) is 160 cm³/mol. The van der Waals surface area contributed by atoms with Crippen LogP contribution in [-0.4, -0.2) is 66.6 Å². The highest BCUT2D eigenvalue weighted by Crippen LogP contribution is 2.31. The number of carbonyl (C=O) groups excluding carboxylic acids is 1. The maximum Gasteiger partial charge on any atom is 0.573 e. The second kappa shape index (κ2) is 15.5. The third-order valence-corrected chi connectivity index (χ3v) is 9.09. The SMILES string of the molecule is CC.Cc1ncc2sc(N3CCN(S(=O)(=O)c4ccc(C(F)(F)F)cc4)CC3)nc2n1.O=CNCc1ccc(OC(F)(F)F)cc1.